The van der Waals surface area contributed by atoms with Crippen molar-refractivity contribution in [1.82, 2.24) is 15.1 Å². The molecule has 86 valence electrons. The summed E-state index contributed by atoms with van der Waals surface area (Å²) in [5.74, 6) is 0.631. The molecule has 1 aromatic heterocycles. The second-order valence-electron chi connectivity index (χ2n) is 4.05. The first-order chi connectivity index (χ1) is 7.10. The normalized spacial score (nSPS) is 13.1. The van der Waals surface area contributed by atoms with E-state index in [4.69, 9.17) is 0 Å². The molecule has 0 saturated heterocycles. The van der Waals surface area contributed by atoms with Gasteiger partial charge in [0.2, 0.25) is 0 Å². The quantitative estimate of drug-likeness (QED) is 0.891. The molecular formula is C11H20BrN3. The van der Waals surface area contributed by atoms with Crippen molar-refractivity contribution < 1.29 is 0 Å². The summed E-state index contributed by atoms with van der Waals surface area (Å²) >= 11 is 3.64. The van der Waals surface area contributed by atoms with Crippen LogP contribution >= 0.6 is 15.9 Å². The third kappa shape index (κ3) is 3.05. The molecule has 0 aromatic carbocycles. The van der Waals surface area contributed by atoms with Crippen LogP contribution in [0.15, 0.2) is 4.47 Å². The second kappa shape index (κ2) is 5.66. The van der Waals surface area contributed by atoms with Gasteiger partial charge in [-0.25, -0.2) is 0 Å². The van der Waals surface area contributed by atoms with Crippen LogP contribution in [0, 0.1) is 5.92 Å². The van der Waals surface area contributed by atoms with Crippen LogP contribution in [-0.4, -0.2) is 23.4 Å². The van der Waals surface area contributed by atoms with E-state index in [0.717, 1.165) is 25.1 Å². The van der Waals surface area contributed by atoms with E-state index in [-0.39, 0.29) is 0 Å². The Morgan fingerprint density at radius 2 is 2.20 bits per heavy atom. The highest BCUT2D eigenvalue weighted by molar-refractivity contribution is 9.10. The Labute approximate surface area is 100 Å². The maximum atomic E-state index is 4.49. The SMILES string of the molecule is CCc1nn(C)c(CC(C)CNC)c1Br. The summed E-state index contributed by atoms with van der Waals surface area (Å²) in [7, 11) is 4.01. The lowest BCUT2D eigenvalue weighted by molar-refractivity contribution is 0.519. The number of hydrogen-bond acceptors (Lipinski definition) is 2. The molecule has 3 nitrogen and oxygen atoms in total. The average molecular weight is 274 g/mol. The van der Waals surface area contributed by atoms with Crippen LogP contribution in [0.1, 0.15) is 25.2 Å². The van der Waals surface area contributed by atoms with Gasteiger partial charge in [-0.1, -0.05) is 13.8 Å². The maximum absolute atomic E-state index is 4.49. The second-order valence-corrected chi connectivity index (χ2v) is 4.84. The lowest BCUT2D eigenvalue weighted by Crippen LogP contribution is -2.19. The number of nitrogens with zero attached hydrogens (tertiary/aromatic N) is 2. The Morgan fingerprint density at radius 1 is 1.53 bits per heavy atom. The Hall–Kier alpha value is -0.350. The van der Waals surface area contributed by atoms with Gasteiger partial charge >= 0.3 is 0 Å². The fourth-order valence-electron chi connectivity index (χ4n) is 1.79. The van der Waals surface area contributed by atoms with Crippen LogP contribution in [0.4, 0.5) is 0 Å². The minimum atomic E-state index is 0.631. The highest BCUT2D eigenvalue weighted by Crippen LogP contribution is 2.23. The molecule has 0 saturated carbocycles. The van der Waals surface area contributed by atoms with E-state index in [0.29, 0.717) is 5.92 Å². The Bertz CT molecular complexity index is 320. The topological polar surface area (TPSA) is 29.9 Å². The van der Waals surface area contributed by atoms with Gasteiger partial charge in [-0.05, 0) is 48.3 Å². The smallest absolute Gasteiger partial charge is 0.0766 e. The van der Waals surface area contributed by atoms with Crippen LogP contribution in [-0.2, 0) is 19.9 Å². The van der Waals surface area contributed by atoms with Gasteiger partial charge in [-0.3, -0.25) is 4.68 Å². The summed E-state index contributed by atoms with van der Waals surface area (Å²) in [5, 5.41) is 7.69. The van der Waals surface area contributed by atoms with Gasteiger partial charge in [0.15, 0.2) is 0 Å². The highest BCUT2D eigenvalue weighted by atomic mass is 79.9. The molecular weight excluding hydrogens is 254 g/mol. The Kier molecular flexibility index (Phi) is 4.80. The minimum absolute atomic E-state index is 0.631. The third-order valence-corrected chi connectivity index (χ3v) is 3.51. The molecule has 0 fully saturated rings. The summed E-state index contributed by atoms with van der Waals surface area (Å²) in [4.78, 5) is 0. The molecule has 1 N–H and O–H groups in total. The van der Waals surface area contributed by atoms with E-state index in [2.05, 4.69) is 40.2 Å². The number of aryl methyl sites for hydroxylation is 2. The first-order valence-corrected chi connectivity index (χ1v) is 6.24. The van der Waals surface area contributed by atoms with Crippen molar-refractivity contribution in [3.63, 3.8) is 0 Å². The van der Waals surface area contributed by atoms with Crippen molar-refractivity contribution in [2.45, 2.75) is 26.7 Å². The zero-order valence-corrected chi connectivity index (χ0v) is 11.6. The molecule has 0 aliphatic rings. The lowest BCUT2D eigenvalue weighted by Gasteiger charge is -2.11. The zero-order valence-electron chi connectivity index (χ0n) is 9.97. The van der Waals surface area contributed by atoms with E-state index < -0.39 is 0 Å². The fraction of sp³-hybridized carbons (Fsp3) is 0.727. The fourth-order valence-corrected chi connectivity index (χ4v) is 2.57. The number of halogens is 1. The molecule has 0 aliphatic heterocycles. The van der Waals surface area contributed by atoms with Gasteiger partial charge in [0.05, 0.1) is 15.9 Å². The number of nitrogens with one attached hydrogen (secondary N) is 1. The molecule has 1 rings (SSSR count). The highest BCUT2D eigenvalue weighted by Gasteiger charge is 2.14. The lowest BCUT2D eigenvalue weighted by atomic mass is 10.1. The molecule has 0 spiro atoms. The largest absolute Gasteiger partial charge is 0.319 e. The molecule has 1 heterocycles. The van der Waals surface area contributed by atoms with Gasteiger partial charge in [-0.2, -0.15) is 5.10 Å². The number of hydrogen-bond donors (Lipinski definition) is 1. The standard InChI is InChI=1S/C11H20BrN3/c1-5-9-11(12)10(15(4)14-9)6-8(2)7-13-3/h8,13H,5-7H2,1-4H3. The summed E-state index contributed by atoms with van der Waals surface area (Å²) in [6, 6.07) is 0. The van der Waals surface area contributed by atoms with Crippen LogP contribution in [0.25, 0.3) is 0 Å². The van der Waals surface area contributed by atoms with Crippen LogP contribution in [0.5, 0.6) is 0 Å². The van der Waals surface area contributed by atoms with E-state index >= 15 is 0 Å². The molecule has 0 radical (unpaired) electrons. The minimum Gasteiger partial charge on any atom is -0.319 e. The summed E-state index contributed by atoms with van der Waals surface area (Å²) in [5.41, 5.74) is 2.46. The summed E-state index contributed by atoms with van der Waals surface area (Å²) < 4.78 is 3.19. The predicted molar refractivity (Wildman–Crippen MR) is 67.1 cm³/mol. The zero-order chi connectivity index (χ0) is 11.4. The number of aromatic nitrogens is 2. The monoisotopic (exact) mass is 273 g/mol. The van der Waals surface area contributed by atoms with E-state index in [1.54, 1.807) is 0 Å². The van der Waals surface area contributed by atoms with Crippen molar-refractivity contribution in [2.24, 2.45) is 13.0 Å². The van der Waals surface area contributed by atoms with Crippen molar-refractivity contribution >= 4 is 15.9 Å². The maximum Gasteiger partial charge on any atom is 0.0766 e. The molecule has 15 heavy (non-hydrogen) atoms. The van der Waals surface area contributed by atoms with E-state index in [1.807, 2.05) is 18.8 Å². The van der Waals surface area contributed by atoms with Crippen LogP contribution < -0.4 is 5.32 Å². The molecule has 1 unspecified atom stereocenters. The summed E-state index contributed by atoms with van der Waals surface area (Å²) in [6.07, 6.45) is 2.04. The average Bonchev–Trinajstić information content (AvgIpc) is 2.45. The van der Waals surface area contributed by atoms with Gasteiger partial charge in [0.1, 0.15) is 0 Å². The van der Waals surface area contributed by atoms with Crippen molar-refractivity contribution in [2.75, 3.05) is 13.6 Å². The first-order valence-electron chi connectivity index (χ1n) is 5.45. The Balaban J connectivity index is 2.80. The van der Waals surface area contributed by atoms with Gasteiger partial charge < -0.3 is 5.32 Å². The van der Waals surface area contributed by atoms with Crippen LogP contribution in [0.3, 0.4) is 0 Å². The van der Waals surface area contributed by atoms with Gasteiger partial charge in [-0.15, -0.1) is 0 Å². The summed E-state index contributed by atoms with van der Waals surface area (Å²) in [6.45, 7) is 5.43. The molecule has 0 amide bonds. The molecule has 0 aliphatic carbocycles. The van der Waals surface area contributed by atoms with Crippen LogP contribution in [0.2, 0.25) is 0 Å². The molecule has 4 heteroatoms. The molecule has 1 atom stereocenters. The first kappa shape index (κ1) is 12.7. The van der Waals surface area contributed by atoms with Gasteiger partial charge in [0, 0.05) is 7.05 Å². The van der Waals surface area contributed by atoms with Crippen molar-refractivity contribution in [1.29, 1.82) is 0 Å². The third-order valence-electron chi connectivity index (χ3n) is 2.60. The number of rotatable bonds is 5. The predicted octanol–water partition coefficient (Wildman–Crippen LogP) is 2.14. The van der Waals surface area contributed by atoms with E-state index in [1.165, 1.54) is 10.2 Å². The molecule has 0 bridgehead atoms. The van der Waals surface area contributed by atoms with Crippen molar-refractivity contribution in [3.05, 3.63) is 15.9 Å². The van der Waals surface area contributed by atoms with Gasteiger partial charge in [0.25, 0.3) is 0 Å². The van der Waals surface area contributed by atoms with E-state index in [9.17, 15) is 0 Å². The Morgan fingerprint density at radius 3 is 2.67 bits per heavy atom. The molecule has 1 aromatic rings. The van der Waals surface area contributed by atoms with Crippen molar-refractivity contribution in [3.8, 4) is 0 Å².